The van der Waals surface area contributed by atoms with Crippen LogP contribution in [-0.2, 0) is 10.0 Å². The Balaban J connectivity index is 1.48. The smallest absolute Gasteiger partial charge is 0.246 e. The summed E-state index contributed by atoms with van der Waals surface area (Å²) in [6, 6.07) is 14.6. The molecule has 4 rings (SSSR count). The van der Waals surface area contributed by atoms with Crippen LogP contribution in [0.25, 0.3) is 11.3 Å². The molecule has 1 aromatic carbocycles. The highest BCUT2D eigenvalue weighted by Gasteiger charge is 2.39. The van der Waals surface area contributed by atoms with Gasteiger partial charge in [0.05, 0.1) is 12.2 Å². The molecule has 1 saturated heterocycles. The maximum atomic E-state index is 12.4. The van der Waals surface area contributed by atoms with Crippen LogP contribution in [-0.4, -0.2) is 45.8 Å². The van der Waals surface area contributed by atoms with E-state index >= 15 is 0 Å². The minimum atomic E-state index is -3.53. The third-order valence-corrected chi connectivity index (χ3v) is 5.77. The molecule has 1 aliphatic rings. The number of benzene rings is 1. The summed E-state index contributed by atoms with van der Waals surface area (Å²) in [5, 5.41) is 8.38. The minimum absolute atomic E-state index is 0.00607. The molecule has 122 valence electrons. The lowest BCUT2D eigenvalue weighted by atomic mass is 10.1. The summed E-state index contributed by atoms with van der Waals surface area (Å²) in [5.41, 5.74) is 1.77. The van der Waals surface area contributed by atoms with Crippen LogP contribution >= 0.6 is 0 Å². The fourth-order valence-electron chi connectivity index (χ4n) is 2.61. The van der Waals surface area contributed by atoms with Crippen molar-refractivity contribution in [3.63, 3.8) is 0 Å². The maximum Gasteiger partial charge on any atom is 0.260 e. The van der Waals surface area contributed by atoms with Crippen LogP contribution in [0.4, 0.5) is 0 Å². The molecule has 0 N–H and O–H groups in total. The second kappa shape index (κ2) is 5.81. The number of hydrogen-bond acceptors (Lipinski definition) is 5. The van der Waals surface area contributed by atoms with Gasteiger partial charge in [-0.05, 0) is 12.1 Å². The summed E-state index contributed by atoms with van der Waals surface area (Å²) < 4.78 is 28.0. The molecule has 24 heavy (non-hydrogen) atoms. The van der Waals surface area contributed by atoms with Crippen LogP contribution in [0.5, 0.6) is 0 Å². The number of hydrogen-bond donors (Lipinski definition) is 0. The van der Waals surface area contributed by atoms with Gasteiger partial charge in [0.15, 0.2) is 5.03 Å². The standard InChI is InChI=1S/C16H15N5O2S/c22-24(23,16-8-4-5-9-17-16)20-10-14(11-20)21-12-15(18-19-21)13-6-2-1-3-7-13/h1-9,12,14H,10-11H2. The molecule has 0 amide bonds. The largest absolute Gasteiger partial charge is 0.260 e. The summed E-state index contributed by atoms with van der Waals surface area (Å²) in [6.07, 6.45) is 3.33. The fourth-order valence-corrected chi connectivity index (χ4v) is 4.05. The Kier molecular flexibility index (Phi) is 3.62. The first-order chi connectivity index (χ1) is 11.6. The average Bonchev–Trinajstić information content (AvgIpc) is 3.04. The van der Waals surface area contributed by atoms with Gasteiger partial charge in [-0.2, -0.15) is 4.31 Å². The second-order valence-electron chi connectivity index (χ2n) is 5.59. The van der Waals surface area contributed by atoms with Crippen LogP contribution in [0.3, 0.4) is 0 Å². The third-order valence-electron chi connectivity index (χ3n) is 4.02. The van der Waals surface area contributed by atoms with E-state index in [4.69, 9.17) is 0 Å². The van der Waals surface area contributed by atoms with Gasteiger partial charge in [0.1, 0.15) is 5.69 Å². The molecule has 3 heterocycles. The second-order valence-corrected chi connectivity index (χ2v) is 7.48. The van der Waals surface area contributed by atoms with E-state index in [1.54, 1.807) is 16.8 Å². The number of nitrogens with zero attached hydrogens (tertiary/aromatic N) is 5. The first kappa shape index (κ1) is 15.0. The van der Waals surface area contributed by atoms with Gasteiger partial charge in [0.2, 0.25) is 0 Å². The highest BCUT2D eigenvalue weighted by molar-refractivity contribution is 7.89. The average molecular weight is 341 g/mol. The molecule has 0 atom stereocenters. The van der Waals surface area contributed by atoms with E-state index in [-0.39, 0.29) is 11.1 Å². The molecule has 1 fully saturated rings. The Hall–Kier alpha value is -2.58. The van der Waals surface area contributed by atoms with Crippen molar-refractivity contribution in [2.75, 3.05) is 13.1 Å². The fraction of sp³-hybridized carbons (Fsp3) is 0.188. The quantitative estimate of drug-likeness (QED) is 0.720. The van der Waals surface area contributed by atoms with Crippen molar-refractivity contribution in [3.05, 3.63) is 60.9 Å². The highest BCUT2D eigenvalue weighted by atomic mass is 32.2. The zero-order valence-corrected chi connectivity index (χ0v) is 13.5. The molecular weight excluding hydrogens is 326 g/mol. The summed E-state index contributed by atoms with van der Waals surface area (Å²) in [6.45, 7) is 0.743. The molecule has 0 spiro atoms. The molecule has 3 aromatic rings. The van der Waals surface area contributed by atoms with E-state index in [0.717, 1.165) is 11.3 Å². The van der Waals surface area contributed by atoms with Gasteiger partial charge in [-0.1, -0.05) is 41.6 Å². The molecule has 0 unspecified atom stereocenters. The topological polar surface area (TPSA) is 81.0 Å². The molecule has 7 nitrogen and oxygen atoms in total. The van der Waals surface area contributed by atoms with Crippen molar-refractivity contribution in [2.24, 2.45) is 0 Å². The Morgan fingerprint density at radius 3 is 2.46 bits per heavy atom. The van der Waals surface area contributed by atoms with Gasteiger partial charge in [0.25, 0.3) is 10.0 Å². The molecule has 8 heteroatoms. The zero-order chi connectivity index (χ0) is 16.6. The van der Waals surface area contributed by atoms with Crippen LogP contribution in [0.2, 0.25) is 0 Å². The van der Waals surface area contributed by atoms with Crippen LogP contribution in [0.1, 0.15) is 6.04 Å². The van der Waals surface area contributed by atoms with Gasteiger partial charge < -0.3 is 0 Å². The summed E-state index contributed by atoms with van der Waals surface area (Å²) >= 11 is 0. The Bertz CT molecular complexity index is 935. The van der Waals surface area contributed by atoms with Crippen molar-refractivity contribution in [3.8, 4) is 11.3 Å². The lowest BCUT2D eigenvalue weighted by Crippen LogP contribution is -2.50. The van der Waals surface area contributed by atoms with Gasteiger partial charge in [0, 0.05) is 24.8 Å². The van der Waals surface area contributed by atoms with Gasteiger partial charge >= 0.3 is 0 Å². The zero-order valence-electron chi connectivity index (χ0n) is 12.7. The SMILES string of the molecule is O=S(=O)(c1ccccn1)N1CC(n2cc(-c3ccccc3)nn2)C1. The van der Waals surface area contributed by atoms with Crippen molar-refractivity contribution >= 4 is 10.0 Å². The minimum Gasteiger partial charge on any atom is -0.246 e. The monoisotopic (exact) mass is 341 g/mol. The Labute approximate surface area is 139 Å². The molecule has 2 aromatic heterocycles. The van der Waals surface area contributed by atoms with E-state index in [1.165, 1.54) is 16.6 Å². The molecule has 0 bridgehead atoms. The van der Waals surface area contributed by atoms with Crippen molar-refractivity contribution in [2.45, 2.75) is 11.1 Å². The molecule has 0 aliphatic carbocycles. The predicted molar refractivity (Wildman–Crippen MR) is 87.5 cm³/mol. The molecule has 0 radical (unpaired) electrons. The van der Waals surface area contributed by atoms with Crippen LogP contribution < -0.4 is 0 Å². The van der Waals surface area contributed by atoms with E-state index in [9.17, 15) is 8.42 Å². The summed E-state index contributed by atoms with van der Waals surface area (Å²) in [4.78, 5) is 3.93. The van der Waals surface area contributed by atoms with E-state index in [1.807, 2.05) is 36.5 Å². The van der Waals surface area contributed by atoms with Gasteiger partial charge in [-0.25, -0.2) is 18.1 Å². The molecule has 1 aliphatic heterocycles. The molecular formula is C16H15N5O2S. The summed E-state index contributed by atoms with van der Waals surface area (Å²) in [5.74, 6) is 0. The first-order valence-electron chi connectivity index (χ1n) is 7.53. The lowest BCUT2D eigenvalue weighted by molar-refractivity contribution is 0.188. The number of rotatable bonds is 4. The van der Waals surface area contributed by atoms with E-state index in [2.05, 4.69) is 15.3 Å². The number of pyridine rings is 1. The maximum absolute atomic E-state index is 12.4. The van der Waals surface area contributed by atoms with Crippen molar-refractivity contribution in [1.82, 2.24) is 24.3 Å². The highest BCUT2D eigenvalue weighted by Crippen LogP contribution is 2.27. The van der Waals surface area contributed by atoms with Gasteiger partial charge in [-0.15, -0.1) is 5.10 Å². The van der Waals surface area contributed by atoms with Gasteiger partial charge in [-0.3, -0.25) is 0 Å². The Morgan fingerprint density at radius 1 is 1.00 bits per heavy atom. The summed E-state index contributed by atoms with van der Waals surface area (Å²) in [7, 11) is -3.53. The van der Waals surface area contributed by atoms with Crippen molar-refractivity contribution < 1.29 is 8.42 Å². The lowest BCUT2D eigenvalue weighted by Gasteiger charge is -2.37. The Morgan fingerprint density at radius 2 is 1.75 bits per heavy atom. The first-order valence-corrected chi connectivity index (χ1v) is 8.97. The third kappa shape index (κ3) is 2.59. The van der Waals surface area contributed by atoms with Crippen molar-refractivity contribution in [1.29, 1.82) is 0 Å². The normalized spacial score (nSPS) is 16.0. The van der Waals surface area contributed by atoms with E-state index < -0.39 is 10.0 Å². The predicted octanol–water partition coefficient (Wildman–Crippen LogP) is 1.59. The van der Waals surface area contributed by atoms with Crippen LogP contribution in [0, 0.1) is 0 Å². The number of aromatic nitrogens is 4. The molecule has 0 saturated carbocycles. The number of sulfonamides is 1. The van der Waals surface area contributed by atoms with Crippen LogP contribution in [0.15, 0.2) is 66.0 Å². The van der Waals surface area contributed by atoms with E-state index in [0.29, 0.717) is 13.1 Å².